The third-order valence-electron chi connectivity index (χ3n) is 3.18. The van der Waals surface area contributed by atoms with Crippen molar-refractivity contribution >= 4 is 29.0 Å². The van der Waals surface area contributed by atoms with Crippen LogP contribution in [0.3, 0.4) is 0 Å². The largest absolute Gasteiger partial charge is 0.383 e. The number of rotatable bonds is 2. The van der Waals surface area contributed by atoms with E-state index in [2.05, 4.69) is 37.2 Å². The molecule has 5 heteroatoms. The summed E-state index contributed by atoms with van der Waals surface area (Å²) in [4.78, 5) is 4.66. The second-order valence-corrected chi connectivity index (χ2v) is 6.51. The van der Waals surface area contributed by atoms with Crippen molar-refractivity contribution in [1.29, 1.82) is 0 Å². The number of aryl methyl sites for hydroxylation is 1. The number of nitrogen functional groups attached to an aromatic ring is 1. The van der Waals surface area contributed by atoms with E-state index in [-0.39, 0.29) is 5.54 Å². The lowest BCUT2D eigenvalue weighted by Gasteiger charge is -2.24. The van der Waals surface area contributed by atoms with Crippen LogP contribution in [0.2, 0.25) is 10.0 Å². The number of nitrogens with zero attached hydrogens (tertiary/aromatic N) is 2. The van der Waals surface area contributed by atoms with Crippen molar-refractivity contribution in [3.63, 3.8) is 0 Å². The molecule has 0 atom stereocenters. The zero-order chi connectivity index (χ0) is 15.1. The van der Waals surface area contributed by atoms with Gasteiger partial charge in [0.15, 0.2) is 0 Å². The Balaban J connectivity index is 2.71. The molecule has 0 spiro atoms. The van der Waals surface area contributed by atoms with Gasteiger partial charge in [-0.15, -0.1) is 0 Å². The van der Waals surface area contributed by atoms with Gasteiger partial charge in [-0.25, -0.2) is 4.98 Å². The number of imidazole rings is 1. The molecule has 0 saturated carbocycles. The van der Waals surface area contributed by atoms with Crippen LogP contribution in [-0.2, 0) is 12.0 Å². The van der Waals surface area contributed by atoms with Gasteiger partial charge >= 0.3 is 0 Å². The van der Waals surface area contributed by atoms with E-state index in [0.717, 1.165) is 17.8 Å². The maximum Gasteiger partial charge on any atom is 0.132 e. The molecular weight excluding hydrogens is 293 g/mol. The summed E-state index contributed by atoms with van der Waals surface area (Å²) in [5, 5.41) is 0.994. The van der Waals surface area contributed by atoms with Gasteiger partial charge in [-0.05, 0) is 26.8 Å². The summed E-state index contributed by atoms with van der Waals surface area (Å²) in [6.07, 6.45) is 0.805. The number of benzene rings is 1. The van der Waals surface area contributed by atoms with Gasteiger partial charge in [-0.1, -0.05) is 42.3 Å². The lowest BCUT2D eigenvalue weighted by atomic mass is 10.1. The van der Waals surface area contributed by atoms with Gasteiger partial charge in [-0.3, -0.25) is 0 Å². The average molecular weight is 312 g/mol. The van der Waals surface area contributed by atoms with Crippen LogP contribution >= 0.6 is 23.2 Å². The first-order chi connectivity index (χ1) is 9.27. The van der Waals surface area contributed by atoms with E-state index in [9.17, 15) is 0 Å². The molecule has 0 fully saturated rings. The Labute approximate surface area is 129 Å². The monoisotopic (exact) mass is 311 g/mol. The highest BCUT2D eigenvalue weighted by molar-refractivity contribution is 6.43. The summed E-state index contributed by atoms with van der Waals surface area (Å²) in [7, 11) is 0. The normalized spacial score (nSPS) is 11.9. The van der Waals surface area contributed by atoms with Gasteiger partial charge in [0.1, 0.15) is 17.3 Å². The Kier molecular flexibility index (Phi) is 4.03. The molecule has 0 amide bonds. The van der Waals surface area contributed by atoms with Crippen LogP contribution in [0.15, 0.2) is 18.2 Å². The molecule has 2 N–H and O–H groups in total. The van der Waals surface area contributed by atoms with Crippen molar-refractivity contribution in [3.8, 4) is 11.3 Å². The summed E-state index contributed by atoms with van der Waals surface area (Å²) in [5.41, 5.74) is 7.65. The maximum atomic E-state index is 6.32. The minimum Gasteiger partial charge on any atom is -0.383 e. The quantitative estimate of drug-likeness (QED) is 0.869. The fourth-order valence-electron chi connectivity index (χ4n) is 2.35. The number of halogens is 2. The minimum absolute atomic E-state index is 0.133. The number of anilines is 1. The van der Waals surface area contributed by atoms with E-state index < -0.39 is 0 Å². The van der Waals surface area contributed by atoms with Crippen LogP contribution in [0, 0.1) is 0 Å². The fraction of sp³-hybridized carbons (Fsp3) is 0.400. The predicted octanol–water partition coefficient (Wildman–Crippen LogP) is 4.76. The Morgan fingerprint density at radius 2 is 1.90 bits per heavy atom. The summed E-state index contributed by atoms with van der Waals surface area (Å²) >= 11 is 12.4. The Morgan fingerprint density at radius 1 is 1.25 bits per heavy atom. The summed E-state index contributed by atoms with van der Waals surface area (Å²) in [6, 6.07) is 5.50. The molecule has 3 nitrogen and oxygen atoms in total. The second kappa shape index (κ2) is 5.30. The number of nitrogens with two attached hydrogens (primary N) is 1. The molecule has 108 valence electrons. The molecule has 1 aromatic heterocycles. The topological polar surface area (TPSA) is 43.8 Å². The molecular formula is C15H19Cl2N3. The maximum absolute atomic E-state index is 6.32. The van der Waals surface area contributed by atoms with Crippen molar-refractivity contribution < 1.29 is 0 Å². The SMILES string of the molecule is CCc1nc(-c2cccc(Cl)c2Cl)c(N)n1C(C)(C)C. The van der Waals surface area contributed by atoms with Crippen LogP contribution in [0.5, 0.6) is 0 Å². The average Bonchev–Trinajstić information content (AvgIpc) is 2.69. The van der Waals surface area contributed by atoms with Crippen LogP contribution in [0.1, 0.15) is 33.5 Å². The summed E-state index contributed by atoms with van der Waals surface area (Å²) in [6.45, 7) is 8.38. The zero-order valence-corrected chi connectivity index (χ0v) is 13.7. The molecule has 2 aromatic rings. The third-order valence-corrected chi connectivity index (χ3v) is 4.00. The van der Waals surface area contributed by atoms with E-state index in [1.54, 1.807) is 6.07 Å². The summed E-state index contributed by atoms with van der Waals surface area (Å²) < 4.78 is 2.06. The van der Waals surface area contributed by atoms with Crippen molar-refractivity contribution in [2.75, 3.05) is 5.73 Å². The molecule has 0 aliphatic rings. The van der Waals surface area contributed by atoms with Gasteiger partial charge in [0, 0.05) is 17.5 Å². The lowest BCUT2D eigenvalue weighted by molar-refractivity contribution is 0.389. The molecule has 0 unspecified atom stereocenters. The first-order valence-corrected chi connectivity index (χ1v) is 7.35. The van der Waals surface area contributed by atoms with Gasteiger partial charge in [-0.2, -0.15) is 0 Å². The summed E-state index contributed by atoms with van der Waals surface area (Å²) in [5.74, 6) is 1.57. The molecule has 20 heavy (non-hydrogen) atoms. The van der Waals surface area contributed by atoms with Crippen LogP contribution in [0.4, 0.5) is 5.82 Å². The van der Waals surface area contributed by atoms with Crippen molar-refractivity contribution in [3.05, 3.63) is 34.1 Å². The van der Waals surface area contributed by atoms with Crippen molar-refractivity contribution in [1.82, 2.24) is 9.55 Å². The van der Waals surface area contributed by atoms with E-state index in [1.807, 2.05) is 12.1 Å². The molecule has 1 heterocycles. The Morgan fingerprint density at radius 3 is 2.40 bits per heavy atom. The van der Waals surface area contributed by atoms with E-state index >= 15 is 0 Å². The smallest absolute Gasteiger partial charge is 0.132 e. The zero-order valence-electron chi connectivity index (χ0n) is 12.2. The van der Waals surface area contributed by atoms with Crippen LogP contribution in [-0.4, -0.2) is 9.55 Å². The minimum atomic E-state index is -0.133. The van der Waals surface area contributed by atoms with Gasteiger partial charge < -0.3 is 10.3 Å². The van der Waals surface area contributed by atoms with Crippen molar-refractivity contribution in [2.24, 2.45) is 0 Å². The van der Waals surface area contributed by atoms with Crippen LogP contribution in [0.25, 0.3) is 11.3 Å². The molecule has 0 radical (unpaired) electrons. The fourth-order valence-corrected chi connectivity index (χ4v) is 2.74. The van der Waals surface area contributed by atoms with E-state index in [1.165, 1.54) is 0 Å². The molecule has 0 aliphatic carbocycles. The Bertz CT molecular complexity index is 639. The van der Waals surface area contributed by atoms with Crippen molar-refractivity contribution in [2.45, 2.75) is 39.7 Å². The number of hydrogen-bond acceptors (Lipinski definition) is 2. The molecule has 2 rings (SSSR count). The second-order valence-electron chi connectivity index (χ2n) is 5.72. The van der Waals surface area contributed by atoms with Gasteiger partial charge in [0.25, 0.3) is 0 Å². The van der Waals surface area contributed by atoms with Gasteiger partial charge in [0.05, 0.1) is 10.0 Å². The lowest BCUT2D eigenvalue weighted by Crippen LogP contribution is -2.25. The molecule has 1 aromatic carbocycles. The third kappa shape index (κ3) is 2.52. The highest BCUT2D eigenvalue weighted by atomic mass is 35.5. The highest BCUT2D eigenvalue weighted by Crippen LogP contribution is 2.37. The predicted molar refractivity (Wildman–Crippen MR) is 86.5 cm³/mol. The molecule has 0 bridgehead atoms. The standard InChI is InChI=1S/C15H19Cl2N3/c1-5-11-19-13(14(18)20(11)15(2,3)4)9-7-6-8-10(16)12(9)17/h6-8H,5,18H2,1-4H3. The van der Waals surface area contributed by atoms with E-state index in [0.29, 0.717) is 21.6 Å². The van der Waals surface area contributed by atoms with Crippen LogP contribution < -0.4 is 5.73 Å². The first kappa shape index (κ1) is 15.2. The first-order valence-electron chi connectivity index (χ1n) is 6.59. The number of aromatic nitrogens is 2. The molecule has 0 saturated heterocycles. The highest BCUT2D eigenvalue weighted by Gasteiger charge is 2.24. The van der Waals surface area contributed by atoms with E-state index in [4.69, 9.17) is 28.9 Å². The number of hydrogen-bond donors (Lipinski definition) is 1. The Hall–Kier alpha value is -1.19. The molecule has 0 aliphatic heterocycles. The van der Waals surface area contributed by atoms with Gasteiger partial charge in [0.2, 0.25) is 0 Å².